The molecular weight excluding hydrogens is 392 g/mol. The molecule has 0 aliphatic carbocycles. The van der Waals surface area contributed by atoms with E-state index in [-0.39, 0.29) is 6.61 Å². The highest BCUT2D eigenvalue weighted by atomic mass is 16.6. The SMILES string of the molecule is CCCCCc1ccc(-c2ccc(-c3ccc(CO)c(CCCC4CO4)c3)c(C)c2)cc1. The topological polar surface area (TPSA) is 32.8 Å². The Balaban J connectivity index is 1.50. The van der Waals surface area contributed by atoms with Gasteiger partial charge in [-0.1, -0.05) is 80.4 Å². The molecule has 3 aromatic rings. The van der Waals surface area contributed by atoms with Crippen molar-refractivity contribution in [2.24, 2.45) is 0 Å². The van der Waals surface area contributed by atoms with Gasteiger partial charge in [0, 0.05) is 0 Å². The molecule has 4 rings (SSSR count). The Morgan fingerprint density at radius 1 is 0.812 bits per heavy atom. The highest BCUT2D eigenvalue weighted by molar-refractivity contribution is 5.74. The van der Waals surface area contributed by atoms with E-state index in [1.54, 1.807) is 0 Å². The average molecular weight is 429 g/mol. The molecular formula is C30H36O2. The number of ether oxygens (including phenoxy) is 1. The lowest BCUT2D eigenvalue weighted by molar-refractivity contribution is 0.280. The molecule has 32 heavy (non-hydrogen) atoms. The van der Waals surface area contributed by atoms with E-state index in [9.17, 15) is 5.11 Å². The summed E-state index contributed by atoms with van der Waals surface area (Å²) in [5, 5.41) is 9.77. The molecule has 1 heterocycles. The van der Waals surface area contributed by atoms with Gasteiger partial charge in [0.25, 0.3) is 0 Å². The molecule has 1 unspecified atom stereocenters. The van der Waals surface area contributed by atoms with Crippen molar-refractivity contribution in [3.8, 4) is 22.3 Å². The van der Waals surface area contributed by atoms with E-state index in [0.29, 0.717) is 6.10 Å². The summed E-state index contributed by atoms with van der Waals surface area (Å²) < 4.78 is 5.34. The number of aliphatic hydroxyl groups is 1. The van der Waals surface area contributed by atoms with Crippen LogP contribution in [-0.4, -0.2) is 17.8 Å². The first kappa shape index (κ1) is 22.8. The fourth-order valence-corrected chi connectivity index (χ4v) is 4.55. The number of unbranched alkanes of at least 4 members (excludes halogenated alkanes) is 2. The molecule has 3 aromatic carbocycles. The van der Waals surface area contributed by atoms with Gasteiger partial charge in [-0.3, -0.25) is 0 Å². The third kappa shape index (κ3) is 5.88. The van der Waals surface area contributed by atoms with Gasteiger partial charge in [0.15, 0.2) is 0 Å². The monoisotopic (exact) mass is 428 g/mol. The van der Waals surface area contributed by atoms with Crippen molar-refractivity contribution in [1.82, 2.24) is 0 Å². The summed E-state index contributed by atoms with van der Waals surface area (Å²) >= 11 is 0. The van der Waals surface area contributed by atoms with Crippen molar-refractivity contribution < 1.29 is 9.84 Å². The Morgan fingerprint density at radius 3 is 2.25 bits per heavy atom. The van der Waals surface area contributed by atoms with E-state index in [4.69, 9.17) is 4.74 Å². The first-order valence-electron chi connectivity index (χ1n) is 12.2. The predicted octanol–water partition coefficient (Wildman–Crippen LogP) is 7.28. The Morgan fingerprint density at radius 2 is 1.56 bits per heavy atom. The Kier molecular flexibility index (Phi) is 7.78. The summed E-state index contributed by atoms with van der Waals surface area (Å²) in [6.07, 6.45) is 8.69. The number of hydrogen-bond acceptors (Lipinski definition) is 2. The minimum atomic E-state index is 0.0991. The Hall–Kier alpha value is -2.42. The molecule has 0 bridgehead atoms. The van der Waals surface area contributed by atoms with Crippen LogP contribution in [0.25, 0.3) is 22.3 Å². The van der Waals surface area contributed by atoms with E-state index >= 15 is 0 Å². The van der Waals surface area contributed by atoms with E-state index in [1.807, 2.05) is 0 Å². The number of hydrogen-bond donors (Lipinski definition) is 1. The molecule has 2 heteroatoms. The summed E-state index contributed by atoms with van der Waals surface area (Å²) in [5.74, 6) is 0. The second-order valence-corrected chi connectivity index (χ2v) is 9.17. The van der Waals surface area contributed by atoms with Gasteiger partial charge in [-0.2, -0.15) is 0 Å². The zero-order valence-corrected chi connectivity index (χ0v) is 19.6. The molecule has 1 atom stereocenters. The quantitative estimate of drug-likeness (QED) is 0.257. The summed E-state index contributed by atoms with van der Waals surface area (Å²) in [6.45, 7) is 5.46. The van der Waals surface area contributed by atoms with Crippen LogP contribution in [0, 0.1) is 6.92 Å². The first-order chi connectivity index (χ1) is 15.7. The second-order valence-electron chi connectivity index (χ2n) is 9.17. The largest absolute Gasteiger partial charge is 0.392 e. The van der Waals surface area contributed by atoms with Crippen molar-refractivity contribution in [3.05, 3.63) is 82.9 Å². The van der Waals surface area contributed by atoms with Gasteiger partial charge in [-0.25, -0.2) is 0 Å². The van der Waals surface area contributed by atoms with Crippen LogP contribution in [0.2, 0.25) is 0 Å². The molecule has 1 aliphatic rings. The molecule has 1 fully saturated rings. The normalized spacial score (nSPS) is 15.2. The minimum absolute atomic E-state index is 0.0991. The summed E-state index contributed by atoms with van der Waals surface area (Å²) in [7, 11) is 0. The van der Waals surface area contributed by atoms with Crippen molar-refractivity contribution >= 4 is 0 Å². The van der Waals surface area contributed by atoms with Crippen LogP contribution < -0.4 is 0 Å². The number of benzene rings is 3. The molecule has 0 saturated carbocycles. The third-order valence-corrected chi connectivity index (χ3v) is 6.64. The molecule has 1 saturated heterocycles. The van der Waals surface area contributed by atoms with Gasteiger partial charge in [-0.15, -0.1) is 0 Å². The van der Waals surface area contributed by atoms with Gasteiger partial charge in [0.2, 0.25) is 0 Å². The third-order valence-electron chi connectivity index (χ3n) is 6.64. The van der Waals surface area contributed by atoms with Gasteiger partial charge >= 0.3 is 0 Å². The first-order valence-corrected chi connectivity index (χ1v) is 12.2. The van der Waals surface area contributed by atoms with E-state index < -0.39 is 0 Å². The standard InChI is InChI=1S/C30H36O2/c1-3-4-5-7-23-10-12-24(13-11-23)26-16-17-30(22(2)18-26)27-14-15-28(20-31)25(19-27)8-6-9-29-21-32-29/h10-19,29,31H,3-9,20-21H2,1-2H3. The lowest BCUT2D eigenvalue weighted by Crippen LogP contribution is -1.97. The maximum absolute atomic E-state index is 9.77. The molecule has 168 valence electrons. The Labute approximate surface area is 193 Å². The lowest BCUT2D eigenvalue weighted by Gasteiger charge is -2.13. The number of aryl methyl sites for hydroxylation is 3. The fraction of sp³-hybridized carbons (Fsp3) is 0.400. The smallest absolute Gasteiger partial charge is 0.0810 e. The summed E-state index contributed by atoms with van der Waals surface area (Å²) in [5.41, 5.74) is 10.0. The van der Waals surface area contributed by atoms with Crippen LogP contribution in [-0.2, 0) is 24.2 Å². The summed E-state index contributed by atoms with van der Waals surface area (Å²) in [4.78, 5) is 0. The van der Waals surface area contributed by atoms with Crippen LogP contribution in [0.15, 0.2) is 60.7 Å². The maximum atomic E-state index is 9.77. The van der Waals surface area contributed by atoms with Gasteiger partial charge in [0.1, 0.15) is 0 Å². The zero-order valence-electron chi connectivity index (χ0n) is 19.6. The van der Waals surface area contributed by atoms with Crippen LogP contribution >= 0.6 is 0 Å². The highest BCUT2D eigenvalue weighted by Crippen LogP contribution is 2.31. The second kappa shape index (κ2) is 10.9. The highest BCUT2D eigenvalue weighted by Gasteiger charge is 2.21. The van der Waals surface area contributed by atoms with Crippen molar-refractivity contribution in [2.45, 2.75) is 71.5 Å². The van der Waals surface area contributed by atoms with Crippen LogP contribution in [0.3, 0.4) is 0 Å². The van der Waals surface area contributed by atoms with Gasteiger partial charge in [-0.05, 0) is 83.5 Å². The maximum Gasteiger partial charge on any atom is 0.0810 e. The number of rotatable bonds is 11. The van der Waals surface area contributed by atoms with Crippen molar-refractivity contribution in [3.63, 3.8) is 0 Å². The van der Waals surface area contributed by atoms with Crippen LogP contribution in [0.1, 0.15) is 61.3 Å². The number of aliphatic hydroxyl groups excluding tert-OH is 1. The average Bonchev–Trinajstić information content (AvgIpc) is 3.64. The predicted molar refractivity (Wildman–Crippen MR) is 134 cm³/mol. The Bertz CT molecular complexity index is 1020. The van der Waals surface area contributed by atoms with Gasteiger partial charge < -0.3 is 9.84 Å². The van der Waals surface area contributed by atoms with Crippen LogP contribution in [0.4, 0.5) is 0 Å². The van der Waals surface area contributed by atoms with Crippen molar-refractivity contribution in [1.29, 1.82) is 0 Å². The zero-order chi connectivity index (χ0) is 22.3. The van der Waals surface area contributed by atoms with Crippen LogP contribution in [0.5, 0.6) is 0 Å². The fourth-order valence-electron chi connectivity index (χ4n) is 4.55. The molecule has 0 amide bonds. The number of epoxide rings is 1. The van der Waals surface area contributed by atoms with E-state index in [2.05, 4.69) is 74.5 Å². The molecule has 0 spiro atoms. The van der Waals surface area contributed by atoms with E-state index in [1.165, 1.54) is 64.6 Å². The molecule has 1 aliphatic heterocycles. The van der Waals surface area contributed by atoms with Crippen molar-refractivity contribution in [2.75, 3.05) is 6.61 Å². The van der Waals surface area contributed by atoms with E-state index in [0.717, 1.165) is 31.4 Å². The molecule has 2 nitrogen and oxygen atoms in total. The summed E-state index contributed by atoms with van der Waals surface area (Å²) in [6, 6.07) is 22.4. The molecule has 1 N–H and O–H groups in total. The lowest BCUT2D eigenvalue weighted by atomic mass is 9.92. The molecule has 0 radical (unpaired) electrons. The van der Waals surface area contributed by atoms with Gasteiger partial charge in [0.05, 0.1) is 19.3 Å². The molecule has 0 aromatic heterocycles. The minimum Gasteiger partial charge on any atom is -0.392 e.